The van der Waals surface area contributed by atoms with E-state index in [0.717, 1.165) is 23.4 Å². The van der Waals surface area contributed by atoms with E-state index in [1.807, 2.05) is 31.2 Å². The predicted octanol–water partition coefficient (Wildman–Crippen LogP) is 2.66. The zero-order chi connectivity index (χ0) is 21.8. The molecule has 0 bridgehead atoms. The number of fused-ring (bicyclic) bond motifs is 1. The third kappa shape index (κ3) is 4.58. The molecule has 0 saturated heterocycles. The lowest BCUT2D eigenvalue weighted by atomic mass is 10.1. The van der Waals surface area contributed by atoms with Crippen LogP contribution in [0.25, 0.3) is 0 Å². The first-order valence-corrected chi connectivity index (χ1v) is 11.5. The van der Waals surface area contributed by atoms with Crippen LogP contribution in [0.5, 0.6) is 17.2 Å². The Balaban J connectivity index is 1.50. The molecule has 1 aliphatic rings. The Kier molecular flexibility index (Phi) is 5.99. The number of ether oxygens (including phenoxy) is 3. The first-order valence-electron chi connectivity index (χ1n) is 9.98. The zero-order valence-corrected chi connectivity index (χ0v) is 18.2. The molecule has 4 rings (SSSR count). The molecule has 0 saturated carbocycles. The maximum Gasteiger partial charge on any atom is 0.263 e. The van der Waals surface area contributed by atoms with Crippen molar-refractivity contribution >= 4 is 15.8 Å². The Morgan fingerprint density at radius 1 is 1.10 bits per heavy atom. The topological polar surface area (TPSA) is 105 Å². The molecular weight excluding hydrogens is 420 g/mol. The summed E-state index contributed by atoms with van der Waals surface area (Å²) in [5.41, 5.74) is 1.84. The van der Waals surface area contributed by atoms with Gasteiger partial charge in [0.1, 0.15) is 19.0 Å². The van der Waals surface area contributed by atoms with Crippen LogP contribution < -0.4 is 18.9 Å². The number of nitrogens with zero attached hydrogens (tertiary/aromatic N) is 3. The van der Waals surface area contributed by atoms with Crippen molar-refractivity contribution in [2.45, 2.75) is 31.2 Å². The van der Waals surface area contributed by atoms with E-state index >= 15 is 0 Å². The third-order valence-electron chi connectivity index (χ3n) is 5.00. The summed E-state index contributed by atoms with van der Waals surface area (Å²) < 4.78 is 46.2. The number of aromatic nitrogens is 3. The van der Waals surface area contributed by atoms with Crippen molar-refractivity contribution in [3.63, 3.8) is 0 Å². The van der Waals surface area contributed by atoms with Crippen molar-refractivity contribution in [1.82, 2.24) is 15.0 Å². The average Bonchev–Trinajstić information content (AvgIpc) is 3.18. The molecule has 0 radical (unpaired) electrons. The van der Waals surface area contributed by atoms with Gasteiger partial charge in [-0.3, -0.25) is 4.72 Å². The Morgan fingerprint density at radius 3 is 2.55 bits per heavy atom. The molecule has 10 heteroatoms. The molecule has 0 fully saturated rings. The molecule has 0 spiro atoms. The highest BCUT2D eigenvalue weighted by molar-refractivity contribution is 7.92. The monoisotopic (exact) mass is 444 g/mol. The molecule has 31 heavy (non-hydrogen) atoms. The third-order valence-corrected chi connectivity index (χ3v) is 6.34. The largest absolute Gasteiger partial charge is 0.497 e. The molecule has 2 heterocycles. The van der Waals surface area contributed by atoms with E-state index in [0.29, 0.717) is 37.7 Å². The number of nitrogens with one attached hydrogen (secondary N) is 1. The quantitative estimate of drug-likeness (QED) is 0.569. The van der Waals surface area contributed by atoms with Crippen LogP contribution in [0, 0.1) is 0 Å². The van der Waals surface area contributed by atoms with Crippen molar-refractivity contribution in [2.24, 2.45) is 0 Å². The van der Waals surface area contributed by atoms with Crippen LogP contribution in [0.1, 0.15) is 18.2 Å². The second-order valence-electron chi connectivity index (χ2n) is 6.97. The van der Waals surface area contributed by atoms with Gasteiger partial charge in [0.25, 0.3) is 10.0 Å². The van der Waals surface area contributed by atoms with Gasteiger partial charge in [0.05, 0.1) is 17.7 Å². The van der Waals surface area contributed by atoms with Crippen LogP contribution in [-0.4, -0.2) is 43.7 Å². The Morgan fingerprint density at radius 2 is 1.84 bits per heavy atom. The van der Waals surface area contributed by atoms with E-state index < -0.39 is 10.0 Å². The maximum absolute atomic E-state index is 12.9. The van der Waals surface area contributed by atoms with Crippen LogP contribution >= 0.6 is 0 Å². The van der Waals surface area contributed by atoms with Gasteiger partial charge in [0.2, 0.25) is 0 Å². The van der Waals surface area contributed by atoms with E-state index in [4.69, 9.17) is 14.2 Å². The van der Waals surface area contributed by atoms with E-state index in [1.165, 1.54) is 12.1 Å². The summed E-state index contributed by atoms with van der Waals surface area (Å²) >= 11 is 0. The SMILES string of the molecule is CCc1c(NS(=O)(=O)c2ccc3c(c2)OCCO3)nnn1CCc1ccc(OC)cc1. The number of methoxy groups -OCH3 is 1. The zero-order valence-electron chi connectivity index (χ0n) is 17.4. The summed E-state index contributed by atoms with van der Waals surface area (Å²) in [7, 11) is -2.23. The number of aryl methyl sites for hydroxylation is 2. The van der Waals surface area contributed by atoms with Gasteiger partial charge in [-0.1, -0.05) is 24.3 Å². The summed E-state index contributed by atoms with van der Waals surface area (Å²) in [5, 5.41) is 8.23. The molecule has 0 aliphatic carbocycles. The highest BCUT2D eigenvalue weighted by Gasteiger charge is 2.22. The van der Waals surface area contributed by atoms with Gasteiger partial charge >= 0.3 is 0 Å². The summed E-state index contributed by atoms with van der Waals surface area (Å²) in [5.74, 6) is 1.97. The second-order valence-corrected chi connectivity index (χ2v) is 8.65. The number of anilines is 1. The molecular formula is C21H24N4O5S. The summed E-state index contributed by atoms with van der Waals surface area (Å²) in [6, 6.07) is 12.3. The molecule has 0 unspecified atom stereocenters. The minimum Gasteiger partial charge on any atom is -0.497 e. The fraction of sp³-hybridized carbons (Fsp3) is 0.333. The van der Waals surface area contributed by atoms with Gasteiger partial charge in [-0.2, -0.15) is 0 Å². The highest BCUT2D eigenvalue weighted by atomic mass is 32.2. The lowest BCUT2D eigenvalue weighted by Gasteiger charge is -2.18. The second kappa shape index (κ2) is 8.84. The smallest absolute Gasteiger partial charge is 0.263 e. The summed E-state index contributed by atoms with van der Waals surface area (Å²) in [6.45, 7) is 3.34. The highest BCUT2D eigenvalue weighted by Crippen LogP contribution is 2.32. The van der Waals surface area contributed by atoms with E-state index in [2.05, 4.69) is 15.0 Å². The van der Waals surface area contributed by atoms with Crippen molar-refractivity contribution in [1.29, 1.82) is 0 Å². The molecule has 164 valence electrons. The first kappa shape index (κ1) is 21.0. The van der Waals surface area contributed by atoms with Gasteiger partial charge in [-0.25, -0.2) is 13.1 Å². The van der Waals surface area contributed by atoms with Crippen LogP contribution in [0.4, 0.5) is 5.82 Å². The first-order chi connectivity index (χ1) is 15.0. The molecule has 3 aromatic rings. The normalized spacial score (nSPS) is 13.1. The Labute approximate surface area is 181 Å². The Hall–Kier alpha value is -3.27. The van der Waals surface area contributed by atoms with Gasteiger partial charge in [-0.15, -0.1) is 5.10 Å². The van der Waals surface area contributed by atoms with Crippen LogP contribution in [0.3, 0.4) is 0 Å². The van der Waals surface area contributed by atoms with Crippen molar-refractivity contribution in [3.8, 4) is 17.2 Å². The fourth-order valence-corrected chi connectivity index (χ4v) is 4.39. The molecule has 1 N–H and O–H groups in total. The van der Waals surface area contributed by atoms with Gasteiger partial charge in [-0.05, 0) is 42.7 Å². The van der Waals surface area contributed by atoms with Crippen molar-refractivity contribution in [2.75, 3.05) is 25.0 Å². The van der Waals surface area contributed by atoms with E-state index in [1.54, 1.807) is 17.9 Å². The molecule has 0 amide bonds. The van der Waals surface area contributed by atoms with Crippen LogP contribution in [0.15, 0.2) is 47.4 Å². The number of rotatable bonds is 8. The number of hydrogen-bond donors (Lipinski definition) is 1. The molecule has 0 atom stereocenters. The van der Waals surface area contributed by atoms with E-state index in [-0.39, 0.29) is 10.7 Å². The van der Waals surface area contributed by atoms with E-state index in [9.17, 15) is 8.42 Å². The number of sulfonamides is 1. The number of hydrogen-bond acceptors (Lipinski definition) is 7. The van der Waals surface area contributed by atoms with Crippen molar-refractivity contribution in [3.05, 3.63) is 53.7 Å². The summed E-state index contributed by atoms with van der Waals surface area (Å²) in [4.78, 5) is 0.0755. The fourth-order valence-electron chi connectivity index (χ4n) is 3.35. The predicted molar refractivity (Wildman–Crippen MR) is 114 cm³/mol. The molecule has 1 aliphatic heterocycles. The molecule has 1 aromatic heterocycles. The Bertz CT molecular complexity index is 1160. The average molecular weight is 445 g/mol. The minimum atomic E-state index is -3.86. The van der Waals surface area contributed by atoms with Crippen LogP contribution in [0.2, 0.25) is 0 Å². The van der Waals surface area contributed by atoms with Gasteiger partial charge < -0.3 is 14.2 Å². The standard InChI is InChI=1S/C21H24N4O5S/c1-3-18-21(22-24-25(18)11-10-15-4-6-16(28-2)7-5-15)23-31(26,27)17-8-9-19-20(14-17)30-13-12-29-19/h4-9,14,23H,3,10-13H2,1-2H3. The van der Waals surface area contributed by atoms with Crippen LogP contribution in [-0.2, 0) is 29.4 Å². The number of benzene rings is 2. The maximum atomic E-state index is 12.9. The van der Waals surface area contributed by atoms with Crippen molar-refractivity contribution < 1.29 is 22.6 Å². The lowest BCUT2D eigenvalue weighted by molar-refractivity contribution is 0.171. The van der Waals surface area contributed by atoms with Gasteiger partial charge in [0, 0.05) is 12.6 Å². The minimum absolute atomic E-state index is 0.0755. The van der Waals surface area contributed by atoms with Gasteiger partial charge in [0.15, 0.2) is 17.3 Å². The summed E-state index contributed by atoms with van der Waals surface area (Å²) in [6.07, 6.45) is 1.31. The molecule has 2 aromatic carbocycles. The lowest BCUT2D eigenvalue weighted by Crippen LogP contribution is -2.18. The molecule has 9 nitrogen and oxygen atoms in total.